The Hall–Kier alpha value is -2.60. The minimum atomic E-state index is -0.543. The largest absolute Gasteiger partial charge is 0.452 e. The van der Waals surface area contributed by atoms with Gasteiger partial charge in [0.25, 0.3) is 5.91 Å². The van der Waals surface area contributed by atoms with Gasteiger partial charge in [0, 0.05) is 29.8 Å². The van der Waals surface area contributed by atoms with E-state index in [1.54, 1.807) is 36.0 Å². The zero-order chi connectivity index (χ0) is 17.5. The first-order chi connectivity index (χ1) is 11.5. The molecular formula is C17H18ClN3O3. The highest BCUT2D eigenvalue weighted by Crippen LogP contribution is 2.22. The van der Waals surface area contributed by atoms with Crippen molar-refractivity contribution in [3.05, 3.63) is 47.5 Å². The summed E-state index contributed by atoms with van der Waals surface area (Å²) in [6, 6.07) is 8.97. The molecule has 2 aromatic rings. The molecule has 0 aliphatic rings. The first-order valence-electron chi connectivity index (χ1n) is 7.42. The first-order valence-corrected chi connectivity index (χ1v) is 7.80. The highest BCUT2D eigenvalue weighted by Gasteiger charge is 2.11. The van der Waals surface area contributed by atoms with Crippen molar-refractivity contribution >= 4 is 29.3 Å². The summed E-state index contributed by atoms with van der Waals surface area (Å²) in [6.45, 7) is 1.55. The zero-order valence-electron chi connectivity index (χ0n) is 13.5. The van der Waals surface area contributed by atoms with E-state index in [2.05, 4.69) is 10.4 Å². The maximum Gasteiger partial charge on any atom is 0.330 e. The topological polar surface area (TPSA) is 73.2 Å². The third kappa shape index (κ3) is 4.96. The molecule has 0 bridgehead atoms. The zero-order valence-corrected chi connectivity index (χ0v) is 14.2. The fourth-order valence-electron chi connectivity index (χ4n) is 1.92. The smallest absolute Gasteiger partial charge is 0.330 e. The van der Waals surface area contributed by atoms with E-state index in [-0.39, 0.29) is 6.61 Å². The second-order valence-corrected chi connectivity index (χ2v) is 5.45. The lowest BCUT2D eigenvalue weighted by Gasteiger charge is -2.04. The Labute approximate surface area is 145 Å². The molecule has 1 N–H and O–H groups in total. The number of esters is 1. The Morgan fingerprint density at radius 2 is 2.04 bits per heavy atom. The van der Waals surface area contributed by atoms with E-state index in [4.69, 9.17) is 16.3 Å². The first kappa shape index (κ1) is 17.7. The number of carbonyl (C=O) groups excluding carboxylic acids is 2. The maximum absolute atomic E-state index is 11.9. The van der Waals surface area contributed by atoms with Gasteiger partial charge in [-0.05, 0) is 18.6 Å². The van der Waals surface area contributed by atoms with E-state index >= 15 is 0 Å². The third-order valence-corrected chi connectivity index (χ3v) is 3.37. The van der Waals surface area contributed by atoms with Crippen molar-refractivity contribution in [1.29, 1.82) is 0 Å². The van der Waals surface area contributed by atoms with Crippen molar-refractivity contribution in [2.45, 2.75) is 13.3 Å². The average molecular weight is 348 g/mol. The van der Waals surface area contributed by atoms with Crippen LogP contribution in [0.2, 0.25) is 5.02 Å². The minimum Gasteiger partial charge on any atom is -0.452 e. The molecule has 0 aliphatic carbocycles. The van der Waals surface area contributed by atoms with Gasteiger partial charge in [-0.1, -0.05) is 36.7 Å². The number of halogens is 1. The Balaban J connectivity index is 1.97. The second kappa shape index (κ2) is 8.31. The molecule has 0 atom stereocenters. The summed E-state index contributed by atoms with van der Waals surface area (Å²) in [4.78, 5) is 23.2. The molecule has 2 rings (SSSR count). The number of nitrogens with one attached hydrogen (secondary N) is 1. The van der Waals surface area contributed by atoms with Gasteiger partial charge in [0.05, 0.1) is 5.69 Å². The number of carbonyl (C=O) groups is 2. The van der Waals surface area contributed by atoms with Crippen LogP contribution in [0.5, 0.6) is 0 Å². The monoisotopic (exact) mass is 347 g/mol. The third-order valence-electron chi connectivity index (χ3n) is 3.12. The number of benzene rings is 1. The molecule has 0 saturated carbocycles. The maximum atomic E-state index is 11.9. The molecule has 0 spiro atoms. The van der Waals surface area contributed by atoms with Crippen molar-refractivity contribution in [2.24, 2.45) is 7.05 Å². The molecular weight excluding hydrogens is 330 g/mol. The second-order valence-electron chi connectivity index (χ2n) is 5.01. The number of hydrogen-bond donors (Lipinski definition) is 1. The molecule has 6 nitrogen and oxygen atoms in total. The van der Waals surface area contributed by atoms with Gasteiger partial charge in [-0.3, -0.25) is 9.48 Å². The molecule has 0 unspecified atom stereocenters. The predicted molar refractivity (Wildman–Crippen MR) is 92.7 cm³/mol. The van der Waals surface area contributed by atoms with Gasteiger partial charge in [-0.15, -0.1) is 0 Å². The number of nitrogens with zero attached hydrogens (tertiary/aromatic N) is 2. The van der Waals surface area contributed by atoms with Crippen LogP contribution in [0.4, 0.5) is 5.82 Å². The number of amides is 1. The van der Waals surface area contributed by atoms with Crippen LogP contribution in [0.3, 0.4) is 0 Å². The Kier molecular flexibility index (Phi) is 6.14. The molecule has 1 aromatic carbocycles. The van der Waals surface area contributed by atoms with E-state index in [1.807, 2.05) is 19.1 Å². The summed E-state index contributed by atoms with van der Waals surface area (Å²) in [5.41, 5.74) is 1.58. The van der Waals surface area contributed by atoms with Gasteiger partial charge in [-0.25, -0.2) is 4.79 Å². The van der Waals surface area contributed by atoms with Crippen molar-refractivity contribution in [2.75, 3.05) is 11.9 Å². The summed E-state index contributed by atoms with van der Waals surface area (Å²) < 4.78 is 6.38. The molecule has 1 heterocycles. The van der Waals surface area contributed by atoms with Crippen LogP contribution in [-0.4, -0.2) is 28.3 Å². The van der Waals surface area contributed by atoms with Crippen LogP contribution in [-0.2, 0) is 21.4 Å². The van der Waals surface area contributed by atoms with Gasteiger partial charge in [-0.2, -0.15) is 5.10 Å². The van der Waals surface area contributed by atoms with E-state index < -0.39 is 11.9 Å². The molecule has 0 radical (unpaired) electrons. The summed E-state index contributed by atoms with van der Waals surface area (Å²) in [6.07, 6.45) is 3.69. The number of allylic oxidation sites excluding steroid dienone is 1. The Morgan fingerprint density at radius 3 is 2.71 bits per heavy atom. The average Bonchev–Trinajstić information content (AvgIpc) is 2.92. The molecule has 126 valence electrons. The lowest BCUT2D eigenvalue weighted by Crippen LogP contribution is -2.21. The summed E-state index contributed by atoms with van der Waals surface area (Å²) in [5, 5.41) is 7.64. The van der Waals surface area contributed by atoms with Gasteiger partial charge < -0.3 is 10.1 Å². The molecule has 7 heteroatoms. The quantitative estimate of drug-likeness (QED) is 0.643. The van der Waals surface area contributed by atoms with E-state index in [9.17, 15) is 9.59 Å². The summed E-state index contributed by atoms with van der Waals surface area (Å²) in [7, 11) is 1.71. The minimum absolute atomic E-state index is 0.353. The van der Waals surface area contributed by atoms with Crippen molar-refractivity contribution in [3.63, 3.8) is 0 Å². The van der Waals surface area contributed by atoms with E-state index in [1.165, 1.54) is 6.08 Å². The Bertz CT molecular complexity index is 751. The number of ether oxygens (including phenoxy) is 1. The highest BCUT2D eigenvalue weighted by molar-refractivity contribution is 6.30. The standard InChI is InChI=1S/C17H18ClN3O3/c1-3-4-5-17(23)24-11-16(22)19-15-10-14(20-21(15)2)12-6-8-13(18)9-7-12/h4-10H,3,11H2,1-2H3,(H,19,22)/b5-4+. The van der Waals surface area contributed by atoms with Crippen LogP contribution < -0.4 is 5.32 Å². The van der Waals surface area contributed by atoms with Crippen molar-refractivity contribution in [1.82, 2.24) is 9.78 Å². The van der Waals surface area contributed by atoms with Crippen LogP contribution in [0.15, 0.2) is 42.5 Å². The van der Waals surface area contributed by atoms with Gasteiger partial charge >= 0.3 is 5.97 Å². The number of rotatable bonds is 6. The molecule has 1 aromatic heterocycles. The van der Waals surface area contributed by atoms with Crippen molar-refractivity contribution < 1.29 is 14.3 Å². The Morgan fingerprint density at radius 1 is 1.33 bits per heavy atom. The van der Waals surface area contributed by atoms with Crippen LogP contribution in [0, 0.1) is 0 Å². The van der Waals surface area contributed by atoms with Gasteiger partial charge in [0.15, 0.2) is 6.61 Å². The van der Waals surface area contributed by atoms with Crippen molar-refractivity contribution in [3.8, 4) is 11.3 Å². The number of hydrogen-bond acceptors (Lipinski definition) is 4. The normalized spacial score (nSPS) is 10.8. The predicted octanol–water partition coefficient (Wildman–Crippen LogP) is 3.19. The van der Waals surface area contributed by atoms with Gasteiger partial charge in [0.2, 0.25) is 0 Å². The fourth-order valence-corrected chi connectivity index (χ4v) is 2.05. The van der Waals surface area contributed by atoms with E-state index in [0.29, 0.717) is 16.5 Å². The molecule has 0 aliphatic heterocycles. The van der Waals surface area contributed by atoms with E-state index in [0.717, 1.165) is 12.0 Å². The van der Waals surface area contributed by atoms with Gasteiger partial charge in [0.1, 0.15) is 5.82 Å². The summed E-state index contributed by atoms with van der Waals surface area (Å²) in [5.74, 6) is -0.470. The molecule has 1 amide bonds. The number of anilines is 1. The molecule has 0 saturated heterocycles. The summed E-state index contributed by atoms with van der Waals surface area (Å²) >= 11 is 5.87. The lowest BCUT2D eigenvalue weighted by atomic mass is 10.1. The highest BCUT2D eigenvalue weighted by atomic mass is 35.5. The fraction of sp³-hybridized carbons (Fsp3) is 0.235. The number of aryl methyl sites for hydroxylation is 1. The number of aromatic nitrogens is 2. The molecule has 24 heavy (non-hydrogen) atoms. The van der Waals surface area contributed by atoms with Crippen LogP contribution in [0.1, 0.15) is 13.3 Å². The molecule has 0 fully saturated rings. The SMILES string of the molecule is CC/C=C/C(=O)OCC(=O)Nc1cc(-c2ccc(Cl)cc2)nn1C. The van der Waals surface area contributed by atoms with Crippen LogP contribution >= 0.6 is 11.6 Å². The lowest BCUT2D eigenvalue weighted by molar-refractivity contribution is -0.142. The van der Waals surface area contributed by atoms with Crippen LogP contribution in [0.25, 0.3) is 11.3 Å².